The van der Waals surface area contributed by atoms with Crippen molar-refractivity contribution in [3.63, 3.8) is 0 Å². The number of halogens is 2. The van der Waals surface area contributed by atoms with Crippen LogP contribution < -0.4 is 0 Å². The van der Waals surface area contributed by atoms with Crippen LogP contribution in [-0.4, -0.2) is 34.9 Å². The fourth-order valence-corrected chi connectivity index (χ4v) is 9.64. The Hall–Kier alpha value is -1.70. The summed E-state index contributed by atoms with van der Waals surface area (Å²) in [6.45, 7) is 17.6. The highest BCUT2D eigenvalue weighted by atomic mass is 35.7. The van der Waals surface area contributed by atoms with E-state index in [1.165, 1.54) is 64.2 Å². The lowest BCUT2D eigenvalue weighted by atomic mass is 9.89. The topological polar surface area (TPSA) is 93.0 Å². The highest BCUT2D eigenvalue weighted by molar-refractivity contribution is 8.14. The predicted octanol–water partition coefficient (Wildman–Crippen LogP) is 11.3. The van der Waals surface area contributed by atoms with E-state index in [-0.39, 0.29) is 16.7 Å². The molecule has 0 amide bonds. The fourth-order valence-electron chi connectivity index (χ4n) is 6.34. The van der Waals surface area contributed by atoms with Gasteiger partial charge in [-0.3, -0.25) is 0 Å². The van der Waals surface area contributed by atoms with Gasteiger partial charge in [0.25, 0.3) is 18.1 Å². The first-order valence-corrected chi connectivity index (χ1v) is 21.7. The minimum Gasteiger partial charge on any atom is -0.222 e. The van der Waals surface area contributed by atoms with E-state index in [9.17, 15) is 16.8 Å². The third-order valence-electron chi connectivity index (χ3n) is 8.80. The molecule has 0 atom stereocenters. The molecule has 2 aliphatic carbocycles. The zero-order valence-electron chi connectivity index (χ0n) is 29.9. The molecule has 2 aliphatic rings. The standard InChI is InChI=1S/C15H23ClO2S.C13H22N2.C9H11ClO2S/c1-9(2)12-7-13(10(3)4)15(19(16,17)18)14(8-12)11(5)6;1-3-7-12(8-4-1)14-11-15-13-9-5-2-6-10-13;1-6-4-7(2)9(8(3)5-6)13(10,11)12/h7-11H,1-6H3;12-13H,1-10H2;4-5H,1-3H3. The molecule has 264 valence electrons. The van der Waals surface area contributed by atoms with E-state index < -0.39 is 18.1 Å². The Kier molecular flexibility index (Phi) is 16.7. The van der Waals surface area contributed by atoms with Gasteiger partial charge in [-0.05, 0) is 92.0 Å². The van der Waals surface area contributed by atoms with Gasteiger partial charge in [-0.15, -0.1) is 0 Å². The van der Waals surface area contributed by atoms with Crippen molar-refractivity contribution in [1.29, 1.82) is 0 Å². The molecule has 2 aromatic rings. The minimum atomic E-state index is -3.72. The monoisotopic (exact) mass is 726 g/mol. The number of rotatable bonds is 7. The number of hydrogen-bond donors (Lipinski definition) is 0. The van der Waals surface area contributed by atoms with Gasteiger partial charge in [-0.25, -0.2) is 26.8 Å². The Morgan fingerprint density at radius 3 is 1.26 bits per heavy atom. The van der Waals surface area contributed by atoms with E-state index in [0.29, 0.717) is 34.0 Å². The molecule has 2 saturated carbocycles. The first-order valence-electron chi connectivity index (χ1n) is 17.1. The van der Waals surface area contributed by atoms with Crippen LogP contribution in [0.25, 0.3) is 0 Å². The average Bonchev–Trinajstić information content (AvgIpc) is 2.96. The Labute approximate surface area is 294 Å². The fraction of sp³-hybridized carbons (Fsp3) is 0.649. The Morgan fingerprint density at radius 1 is 0.596 bits per heavy atom. The molecule has 2 fully saturated rings. The first kappa shape index (κ1) is 41.5. The molecule has 2 aromatic carbocycles. The zero-order chi connectivity index (χ0) is 35.5. The summed E-state index contributed by atoms with van der Waals surface area (Å²) in [7, 11) is 3.62. The molecule has 0 saturated heterocycles. The van der Waals surface area contributed by atoms with Crippen molar-refractivity contribution in [1.82, 2.24) is 0 Å². The van der Waals surface area contributed by atoms with Crippen molar-refractivity contribution < 1.29 is 16.8 Å². The molecule has 6 nitrogen and oxygen atoms in total. The molecule has 0 bridgehead atoms. The van der Waals surface area contributed by atoms with E-state index in [0.717, 1.165) is 22.3 Å². The summed E-state index contributed by atoms with van der Waals surface area (Å²) in [6.07, 6.45) is 13.2. The molecule has 4 rings (SSSR count). The normalized spacial score (nSPS) is 16.2. The van der Waals surface area contributed by atoms with E-state index in [4.69, 9.17) is 21.4 Å². The van der Waals surface area contributed by atoms with Crippen LogP contribution in [0, 0.1) is 20.8 Å². The highest BCUT2D eigenvalue weighted by Gasteiger charge is 2.25. The summed E-state index contributed by atoms with van der Waals surface area (Å²) < 4.78 is 46.2. The van der Waals surface area contributed by atoms with Gasteiger partial charge in [0.05, 0.1) is 27.9 Å². The number of benzene rings is 2. The maximum atomic E-state index is 11.9. The molecule has 0 aliphatic heterocycles. The number of nitrogens with zero attached hydrogens (tertiary/aromatic N) is 2. The van der Waals surface area contributed by atoms with Gasteiger partial charge in [0.2, 0.25) is 0 Å². The minimum absolute atomic E-state index is 0.125. The molecule has 0 spiro atoms. The Bertz CT molecular complexity index is 1520. The van der Waals surface area contributed by atoms with Crippen LogP contribution in [0.3, 0.4) is 0 Å². The summed E-state index contributed by atoms with van der Waals surface area (Å²) >= 11 is 0. The third-order valence-corrected chi connectivity index (χ3v) is 11.8. The largest absolute Gasteiger partial charge is 0.261 e. The van der Waals surface area contributed by atoms with Crippen LogP contribution in [0.15, 0.2) is 44.0 Å². The van der Waals surface area contributed by atoms with E-state index >= 15 is 0 Å². The lowest BCUT2D eigenvalue weighted by Crippen LogP contribution is -2.10. The van der Waals surface area contributed by atoms with Crippen LogP contribution in [0.1, 0.15) is 157 Å². The van der Waals surface area contributed by atoms with Gasteiger partial charge in [-0.2, -0.15) is 0 Å². The second-order valence-electron chi connectivity index (χ2n) is 14.0. The summed E-state index contributed by atoms with van der Waals surface area (Å²) in [4.78, 5) is 9.47. The van der Waals surface area contributed by atoms with Crippen LogP contribution in [0.4, 0.5) is 0 Å². The first-order chi connectivity index (χ1) is 21.8. The van der Waals surface area contributed by atoms with Crippen LogP contribution >= 0.6 is 21.4 Å². The number of hydrogen-bond acceptors (Lipinski definition) is 6. The van der Waals surface area contributed by atoms with Gasteiger partial charge in [0, 0.05) is 21.4 Å². The molecule has 0 heterocycles. The second-order valence-corrected chi connectivity index (χ2v) is 19.0. The summed E-state index contributed by atoms with van der Waals surface area (Å²) in [5, 5.41) is 0. The van der Waals surface area contributed by atoms with E-state index in [2.05, 4.69) is 29.8 Å². The van der Waals surface area contributed by atoms with E-state index in [1.54, 1.807) is 13.8 Å². The van der Waals surface area contributed by atoms with Crippen molar-refractivity contribution in [2.75, 3.05) is 0 Å². The van der Waals surface area contributed by atoms with Gasteiger partial charge in [0.15, 0.2) is 0 Å². The smallest absolute Gasteiger partial charge is 0.222 e. The molecule has 10 heteroatoms. The lowest BCUT2D eigenvalue weighted by Gasteiger charge is -2.20. The molecule has 0 radical (unpaired) electrons. The maximum absolute atomic E-state index is 11.9. The summed E-state index contributed by atoms with van der Waals surface area (Å²) in [5.41, 5.74) is 5.25. The zero-order valence-corrected chi connectivity index (χ0v) is 33.0. The van der Waals surface area contributed by atoms with Crippen molar-refractivity contribution in [2.45, 2.75) is 166 Å². The van der Waals surface area contributed by atoms with Gasteiger partial charge >= 0.3 is 0 Å². The quantitative estimate of drug-likeness (QED) is 0.210. The van der Waals surface area contributed by atoms with Gasteiger partial charge in [-0.1, -0.05) is 110 Å². The van der Waals surface area contributed by atoms with Crippen LogP contribution in [0.2, 0.25) is 0 Å². The van der Waals surface area contributed by atoms with Crippen molar-refractivity contribution >= 4 is 45.5 Å². The van der Waals surface area contributed by atoms with Crippen molar-refractivity contribution in [3.8, 4) is 0 Å². The number of aliphatic imine (C=N–C) groups is 2. The molecule has 0 N–H and O–H groups in total. The maximum Gasteiger partial charge on any atom is 0.261 e. The molecule has 0 unspecified atom stereocenters. The summed E-state index contributed by atoms with van der Waals surface area (Å²) in [6, 6.07) is 11.6. The van der Waals surface area contributed by atoms with Crippen molar-refractivity contribution in [3.05, 3.63) is 57.6 Å². The predicted molar refractivity (Wildman–Crippen MR) is 199 cm³/mol. The molecular weight excluding hydrogens is 671 g/mol. The van der Waals surface area contributed by atoms with Crippen LogP contribution in [0.5, 0.6) is 0 Å². The summed E-state index contributed by atoms with van der Waals surface area (Å²) in [5.74, 6) is 0.613. The van der Waals surface area contributed by atoms with Crippen LogP contribution in [-0.2, 0) is 18.1 Å². The molecule has 0 aromatic heterocycles. The molecule has 47 heavy (non-hydrogen) atoms. The van der Waals surface area contributed by atoms with Gasteiger partial charge in [0.1, 0.15) is 0 Å². The Balaban J connectivity index is 0.000000250. The number of aryl methyl sites for hydroxylation is 3. The van der Waals surface area contributed by atoms with E-state index in [1.807, 2.05) is 58.9 Å². The Morgan fingerprint density at radius 2 is 0.957 bits per heavy atom. The second kappa shape index (κ2) is 18.9. The average molecular weight is 728 g/mol. The van der Waals surface area contributed by atoms with Crippen molar-refractivity contribution in [2.24, 2.45) is 9.98 Å². The SMILES string of the molecule is C(=NC1CCCCC1)=NC1CCCCC1.CC(C)c1cc(C(C)C)c(S(=O)(=O)Cl)c(C(C)C)c1.Cc1cc(C)c(S(=O)(=O)Cl)c(C)c1. The lowest BCUT2D eigenvalue weighted by molar-refractivity contribution is 0.438. The van der Waals surface area contributed by atoms with Gasteiger partial charge < -0.3 is 0 Å². The molecular formula is C37H56Cl2N2O4S2. The highest BCUT2D eigenvalue weighted by Crippen LogP contribution is 2.36. The third kappa shape index (κ3) is 13.6.